The zero-order valence-electron chi connectivity index (χ0n) is 11.6. The molecule has 0 N–H and O–H groups in total. The fourth-order valence-electron chi connectivity index (χ4n) is 2.19. The van der Waals surface area contributed by atoms with Gasteiger partial charge >= 0.3 is 6.18 Å². The molecule has 1 aromatic rings. The molecule has 2 heterocycles. The fraction of sp³-hybridized carbons (Fsp3) is 0.429. The van der Waals surface area contributed by atoms with Crippen molar-refractivity contribution in [2.24, 2.45) is 0 Å². The molecule has 1 aliphatic rings. The minimum Gasteiger partial charge on any atom is -0.471 e. The Morgan fingerprint density at radius 1 is 1.55 bits per heavy atom. The number of aromatic nitrogens is 1. The van der Waals surface area contributed by atoms with Crippen molar-refractivity contribution in [3.05, 3.63) is 35.5 Å². The topological polar surface area (TPSA) is 42.4 Å². The van der Waals surface area contributed by atoms with Gasteiger partial charge in [-0.05, 0) is 25.0 Å². The third kappa shape index (κ3) is 3.91. The third-order valence-electron chi connectivity index (χ3n) is 3.28. The van der Waals surface area contributed by atoms with Crippen LogP contribution >= 0.6 is 11.6 Å². The van der Waals surface area contributed by atoms with E-state index in [0.717, 1.165) is 12.5 Å². The Labute approximate surface area is 130 Å². The summed E-state index contributed by atoms with van der Waals surface area (Å²) in [6, 6.07) is 0.777. The van der Waals surface area contributed by atoms with Crippen molar-refractivity contribution in [1.29, 1.82) is 0 Å². The number of carbonyl (C=O) groups is 1. The first-order valence-electron chi connectivity index (χ1n) is 6.62. The zero-order valence-corrected chi connectivity index (χ0v) is 12.3. The number of alkyl halides is 3. The SMILES string of the molecule is C=CC(=O)N1CCCC(Oc2ncc(C(F)(F)F)cc2Cl)C1. The normalized spacial score (nSPS) is 18.9. The summed E-state index contributed by atoms with van der Waals surface area (Å²) in [6.45, 7) is 4.34. The highest BCUT2D eigenvalue weighted by Crippen LogP contribution is 2.33. The second kappa shape index (κ2) is 6.56. The van der Waals surface area contributed by atoms with E-state index in [1.54, 1.807) is 4.90 Å². The lowest BCUT2D eigenvalue weighted by Crippen LogP contribution is -2.43. The van der Waals surface area contributed by atoms with Gasteiger partial charge in [0.05, 0.1) is 12.1 Å². The monoisotopic (exact) mass is 334 g/mol. The van der Waals surface area contributed by atoms with Crippen LogP contribution in [-0.4, -0.2) is 35.0 Å². The first-order chi connectivity index (χ1) is 10.3. The van der Waals surface area contributed by atoms with E-state index in [4.69, 9.17) is 16.3 Å². The summed E-state index contributed by atoms with van der Waals surface area (Å²) in [5.41, 5.74) is -0.933. The number of halogens is 4. The van der Waals surface area contributed by atoms with Gasteiger partial charge < -0.3 is 9.64 Å². The molecule has 22 heavy (non-hydrogen) atoms. The minimum atomic E-state index is -4.51. The van der Waals surface area contributed by atoms with Crippen molar-refractivity contribution >= 4 is 17.5 Å². The molecular formula is C14H14ClF3N2O2. The molecule has 4 nitrogen and oxygen atoms in total. The first-order valence-corrected chi connectivity index (χ1v) is 7.00. The Bertz CT molecular complexity index is 578. The molecular weight excluding hydrogens is 321 g/mol. The Morgan fingerprint density at radius 2 is 2.27 bits per heavy atom. The number of ether oxygens (including phenoxy) is 1. The van der Waals surface area contributed by atoms with Gasteiger partial charge in [0.25, 0.3) is 0 Å². The molecule has 0 saturated carbocycles. The van der Waals surface area contributed by atoms with Crippen LogP contribution in [0.1, 0.15) is 18.4 Å². The predicted octanol–water partition coefficient (Wildman–Crippen LogP) is 3.31. The number of hydrogen-bond donors (Lipinski definition) is 0. The maximum absolute atomic E-state index is 12.5. The molecule has 8 heteroatoms. The largest absolute Gasteiger partial charge is 0.471 e. The number of nitrogens with zero attached hydrogens (tertiary/aromatic N) is 2. The lowest BCUT2D eigenvalue weighted by molar-refractivity contribution is -0.138. The molecule has 1 saturated heterocycles. The Balaban J connectivity index is 2.07. The van der Waals surface area contributed by atoms with Crippen molar-refractivity contribution in [3.8, 4) is 5.88 Å². The van der Waals surface area contributed by atoms with Crippen LogP contribution in [0.4, 0.5) is 13.2 Å². The van der Waals surface area contributed by atoms with Crippen LogP contribution in [-0.2, 0) is 11.0 Å². The van der Waals surface area contributed by atoms with Crippen LogP contribution in [0.15, 0.2) is 24.9 Å². The summed E-state index contributed by atoms with van der Waals surface area (Å²) < 4.78 is 43.2. The van der Waals surface area contributed by atoms with Crippen molar-refractivity contribution in [2.45, 2.75) is 25.1 Å². The summed E-state index contributed by atoms with van der Waals surface area (Å²) in [4.78, 5) is 16.8. The Morgan fingerprint density at radius 3 is 2.86 bits per heavy atom. The number of carbonyl (C=O) groups excluding carboxylic acids is 1. The van der Waals surface area contributed by atoms with E-state index in [1.165, 1.54) is 6.08 Å². The van der Waals surface area contributed by atoms with Crippen LogP contribution in [0, 0.1) is 0 Å². The van der Waals surface area contributed by atoms with Gasteiger partial charge in [0.15, 0.2) is 0 Å². The molecule has 120 valence electrons. The van der Waals surface area contributed by atoms with Crippen molar-refractivity contribution in [3.63, 3.8) is 0 Å². The van der Waals surface area contributed by atoms with Crippen LogP contribution in [0.2, 0.25) is 5.02 Å². The van der Waals surface area contributed by atoms with Gasteiger partial charge in [-0.25, -0.2) is 4.98 Å². The van der Waals surface area contributed by atoms with Gasteiger partial charge in [-0.3, -0.25) is 4.79 Å². The summed E-state index contributed by atoms with van der Waals surface area (Å²) >= 11 is 5.80. The van der Waals surface area contributed by atoms with E-state index >= 15 is 0 Å². The average molecular weight is 335 g/mol. The van der Waals surface area contributed by atoms with Crippen molar-refractivity contribution in [1.82, 2.24) is 9.88 Å². The highest BCUT2D eigenvalue weighted by molar-refractivity contribution is 6.31. The first kappa shape index (κ1) is 16.6. The number of piperidine rings is 1. The maximum atomic E-state index is 12.5. The molecule has 0 bridgehead atoms. The molecule has 1 unspecified atom stereocenters. The molecule has 1 aliphatic heterocycles. The Hall–Kier alpha value is -1.76. The predicted molar refractivity (Wildman–Crippen MR) is 74.7 cm³/mol. The van der Waals surface area contributed by atoms with Crippen LogP contribution in [0.5, 0.6) is 5.88 Å². The molecule has 1 fully saturated rings. The molecule has 0 aliphatic carbocycles. The molecule has 0 spiro atoms. The lowest BCUT2D eigenvalue weighted by Gasteiger charge is -2.32. The van der Waals surface area contributed by atoms with E-state index in [-0.39, 0.29) is 22.9 Å². The van der Waals surface area contributed by atoms with Crippen molar-refractivity contribution in [2.75, 3.05) is 13.1 Å². The van der Waals surface area contributed by atoms with Gasteiger partial charge in [-0.1, -0.05) is 18.2 Å². The maximum Gasteiger partial charge on any atom is 0.417 e. The fourth-order valence-corrected chi connectivity index (χ4v) is 2.40. The van der Waals surface area contributed by atoms with Crippen LogP contribution in [0.3, 0.4) is 0 Å². The van der Waals surface area contributed by atoms with Gasteiger partial charge in [0.2, 0.25) is 11.8 Å². The molecule has 0 radical (unpaired) electrons. The quantitative estimate of drug-likeness (QED) is 0.796. The summed E-state index contributed by atoms with van der Waals surface area (Å²) in [5.74, 6) is -0.271. The Kier molecular flexibility index (Phi) is 4.95. The zero-order chi connectivity index (χ0) is 16.3. The van der Waals surface area contributed by atoms with E-state index in [0.29, 0.717) is 25.7 Å². The second-order valence-corrected chi connectivity index (χ2v) is 5.29. The van der Waals surface area contributed by atoms with Gasteiger partial charge in [0.1, 0.15) is 11.1 Å². The van der Waals surface area contributed by atoms with Crippen molar-refractivity contribution < 1.29 is 22.7 Å². The number of likely N-dealkylation sites (tertiary alicyclic amines) is 1. The number of pyridine rings is 1. The molecule has 0 aromatic carbocycles. The van der Waals surface area contributed by atoms with E-state index in [2.05, 4.69) is 11.6 Å². The van der Waals surface area contributed by atoms with Crippen LogP contribution < -0.4 is 4.74 Å². The number of hydrogen-bond acceptors (Lipinski definition) is 3. The van der Waals surface area contributed by atoms with E-state index in [1.807, 2.05) is 0 Å². The smallest absolute Gasteiger partial charge is 0.417 e. The number of rotatable bonds is 3. The summed E-state index contributed by atoms with van der Waals surface area (Å²) in [6.07, 6.45) is -1.59. The van der Waals surface area contributed by atoms with Crippen LogP contribution in [0.25, 0.3) is 0 Å². The average Bonchev–Trinajstić information content (AvgIpc) is 2.47. The molecule has 1 amide bonds. The van der Waals surface area contributed by atoms with Gasteiger partial charge in [-0.15, -0.1) is 0 Å². The van der Waals surface area contributed by atoms with Gasteiger partial charge in [-0.2, -0.15) is 13.2 Å². The number of amides is 1. The standard InChI is InChI=1S/C14H14ClF3N2O2/c1-2-12(21)20-5-3-4-10(8-20)22-13-11(15)6-9(7-19-13)14(16,17)18/h2,6-7,10H,1,3-5,8H2. The minimum absolute atomic E-state index is 0.0624. The second-order valence-electron chi connectivity index (χ2n) is 4.88. The van der Waals surface area contributed by atoms with E-state index in [9.17, 15) is 18.0 Å². The van der Waals surface area contributed by atoms with Gasteiger partial charge in [0, 0.05) is 12.7 Å². The third-order valence-corrected chi connectivity index (χ3v) is 3.55. The van der Waals surface area contributed by atoms with E-state index < -0.39 is 11.7 Å². The lowest BCUT2D eigenvalue weighted by atomic mass is 10.1. The highest BCUT2D eigenvalue weighted by Gasteiger charge is 2.32. The summed E-state index contributed by atoms with van der Waals surface area (Å²) in [7, 11) is 0. The molecule has 1 atom stereocenters. The summed E-state index contributed by atoms with van der Waals surface area (Å²) in [5, 5.41) is -0.206. The highest BCUT2D eigenvalue weighted by atomic mass is 35.5. The molecule has 2 rings (SSSR count). The molecule has 1 aromatic heterocycles.